The van der Waals surface area contributed by atoms with Gasteiger partial charge in [0.1, 0.15) is 0 Å². The Morgan fingerprint density at radius 3 is 2.40 bits per heavy atom. The van der Waals surface area contributed by atoms with Crippen LogP contribution in [0.5, 0.6) is 0 Å². The van der Waals surface area contributed by atoms with Gasteiger partial charge in [0.2, 0.25) is 0 Å². The van der Waals surface area contributed by atoms with E-state index in [2.05, 4.69) is 31.4 Å². The maximum absolute atomic E-state index is 3.31. The molecule has 10 heavy (non-hydrogen) atoms. The lowest BCUT2D eigenvalue weighted by Gasteiger charge is -2.07. The SMILES string of the molecule is CCCNCNCC(C)C. The molecule has 0 aliphatic carbocycles. The second kappa shape index (κ2) is 7.03. The second-order valence-electron chi connectivity index (χ2n) is 3.02. The van der Waals surface area contributed by atoms with Crippen LogP contribution in [-0.4, -0.2) is 19.8 Å². The number of hydrogen-bond donors (Lipinski definition) is 2. The summed E-state index contributed by atoms with van der Waals surface area (Å²) < 4.78 is 0. The van der Waals surface area contributed by atoms with Crippen molar-refractivity contribution >= 4 is 0 Å². The lowest BCUT2D eigenvalue weighted by Crippen LogP contribution is -2.31. The second-order valence-corrected chi connectivity index (χ2v) is 3.02. The minimum atomic E-state index is 0.753. The fourth-order valence-corrected chi connectivity index (χ4v) is 0.714. The van der Waals surface area contributed by atoms with Gasteiger partial charge in [0.15, 0.2) is 0 Å². The predicted octanol–water partition coefficient (Wildman–Crippen LogP) is 1.19. The zero-order valence-corrected chi connectivity index (χ0v) is 7.41. The molecule has 0 aromatic carbocycles. The third kappa shape index (κ3) is 7.92. The van der Waals surface area contributed by atoms with Gasteiger partial charge in [-0.3, -0.25) is 0 Å². The van der Waals surface area contributed by atoms with Crippen molar-refractivity contribution in [2.45, 2.75) is 27.2 Å². The topological polar surface area (TPSA) is 24.1 Å². The molecule has 0 aliphatic rings. The zero-order chi connectivity index (χ0) is 7.82. The first-order chi connectivity index (χ1) is 4.77. The summed E-state index contributed by atoms with van der Waals surface area (Å²) >= 11 is 0. The van der Waals surface area contributed by atoms with Crippen LogP contribution in [0, 0.1) is 5.92 Å². The third-order valence-electron chi connectivity index (χ3n) is 1.23. The number of nitrogens with one attached hydrogen (secondary N) is 2. The van der Waals surface area contributed by atoms with Gasteiger partial charge < -0.3 is 10.6 Å². The first-order valence-electron chi connectivity index (χ1n) is 4.18. The normalized spacial score (nSPS) is 10.8. The first-order valence-corrected chi connectivity index (χ1v) is 4.18. The summed E-state index contributed by atoms with van der Waals surface area (Å²) in [6.45, 7) is 9.78. The molecule has 0 aliphatic heterocycles. The zero-order valence-electron chi connectivity index (χ0n) is 7.41. The van der Waals surface area contributed by atoms with Gasteiger partial charge in [0.05, 0.1) is 0 Å². The molecule has 0 spiro atoms. The quantitative estimate of drug-likeness (QED) is 0.432. The fourth-order valence-electron chi connectivity index (χ4n) is 0.714. The fraction of sp³-hybridized carbons (Fsp3) is 1.00. The molecule has 0 aromatic rings. The van der Waals surface area contributed by atoms with Crippen molar-refractivity contribution in [3.05, 3.63) is 0 Å². The van der Waals surface area contributed by atoms with Crippen LogP contribution >= 0.6 is 0 Å². The molecule has 0 saturated heterocycles. The summed E-state index contributed by atoms with van der Waals surface area (Å²) in [5.41, 5.74) is 0. The molecule has 0 unspecified atom stereocenters. The average Bonchev–Trinajstić information content (AvgIpc) is 1.87. The van der Waals surface area contributed by atoms with E-state index in [1.165, 1.54) is 6.42 Å². The summed E-state index contributed by atoms with van der Waals surface area (Å²) in [6, 6.07) is 0. The van der Waals surface area contributed by atoms with E-state index in [9.17, 15) is 0 Å². The van der Waals surface area contributed by atoms with Gasteiger partial charge in [-0.2, -0.15) is 0 Å². The van der Waals surface area contributed by atoms with Crippen molar-refractivity contribution in [1.82, 2.24) is 10.6 Å². The number of hydrogen-bond acceptors (Lipinski definition) is 2. The van der Waals surface area contributed by atoms with Gasteiger partial charge >= 0.3 is 0 Å². The minimum absolute atomic E-state index is 0.753. The Balaban J connectivity index is 2.77. The summed E-state index contributed by atoms with van der Waals surface area (Å²) in [7, 11) is 0. The Labute approximate surface area is 64.4 Å². The monoisotopic (exact) mass is 144 g/mol. The lowest BCUT2D eigenvalue weighted by molar-refractivity contribution is 0.513. The summed E-state index contributed by atoms with van der Waals surface area (Å²) in [5, 5.41) is 6.59. The maximum atomic E-state index is 3.31. The number of rotatable bonds is 6. The molecule has 0 fully saturated rings. The highest BCUT2D eigenvalue weighted by molar-refractivity contribution is 4.49. The molecule has 0 heterocycles. The van der Waals surface area contributed by atoms with Crippen LogP contribution < -0.4 is 10.6 Å². The van der Waals surface area contributed by atoms with Crippen molar-refractivity contribution in [2.24, 2.45) is 5.92 Å². The smallest absolute Gasteiger partial charge is 0.0454 e. The molecule has 0 radical (unpaired) electrons. The van der Waals surface area contributed by atoms with Gasteiger partial charge in [0.25, 0.3) is 0 Å². The Morgan fingerprint density at radius 1 is 1.20 bits per heavy atom. The summed E-state index contributed by atoms with van der Waals surface area (Å²) in [6.07, 6.45) is 1.21. The van der Waals surface area contributed by atoms with E-state index in [0.29, 0.717) is 0 Å². The molecule has 0 aromatic heterocycles. The predicted molar refractivity (Wildman–Crippen MR) is 46.0 cm³/mol. The lowest BCUT2D eigenvalue weighted by atomic mass is 10.2. The standard InChI is InChI=1S/C8H20N2/c1-4-5-9-7-10-6-8(2)3/h8-10H,4-7H2,1-3H3. The van der Waals surface area contributed by atoms with E-state index >= 15 is 0 Å². The van der Waals surface area contributed by atoms with Crippen molar-refractivity contribution in [3.8, 4) is 0 Å². The van der Waals surface area contributed by atoms with Gasteiger partial charge in [0, 0.05) is 6.67 Å². The van der Waals surface area contributed by atoms with E-state index in [1.54, 1.807) is 0 Å². The van der Waals surface area contributed by atoms with Crippen LogP contribution in [-0.2, 0) is 0 Å². The van der Waals surface area contributed by atoms with E-state index in [-0.39, 0.29) is 0 Å². The van der Waals surface area contributed by atoms with Crippen molar-refractivity contribution in [1.29, 1.82) is 0 Å². The molecule has 0 amide bonds. The van der Waals surface area contributed by atoms with Crippen LogP contribution in [0.3, 0.4) is 0 Å². The summed E-state index contributed by atoms with van der Waals surface area (Å²) in [5.74, 6) is 0.753. The average molecular weight is 144 g/mol. The van der Waals surface area contributed by atoms with Gasteiger partial charge in [-0.15, -0.1) is 0 Å². The Kier molecular flexibility index (Phi) is 6.98. The van der Waals surface area contributed by atoms with Gasteiger partial charge in [-0.05, 0) is 25.4 Å². The van der Waals surface area contributed by atoms with Crippen LogP contribution in [0.25, 0.3) is 0 Å². The Morgan fingerprint density at radius 2 is 1.90 bits per heavy atom. The van der Waals surface area contributed by atoms with E-state index in [0.717, 1.165) is 25.7 Å². The maximum Gasteiger partial charge on any atom is 0.0454 e. The third-order valence-corrected chi connectivity index (χ3v) is 1.23. The van der Waals surface area contributed by atoms with Crippen molar-refractivity contribution in [3.63, 3.8) is 0 Å². The molecule has 0 rings (SSSR count). The highest BCUT2D eigenvalue weighted by atomic mass is 15.0. The van der Waals surface area contributed by atoms with Crippen LogP contribution in [0.1, 0.15) is 27.2 Å². The van der Waals surface area contributed by atoms with Crippen LogP contribution in [0.2, 0.25) is 0 Å². The molecule has 0 atom stereocenters. The molecular weight excluding hydrogens is 124 g/mol. The Hall–Kier alpha value is -0.0800. The van der Waals surface area contributed by atoms with E-state index in [1.807, 2.05) is 0 Å². The summed E-state index contributed by atoms with van der Waals surface area (Å²) in [4.78, 5) is 0. The first kappa shape index (κ1) is 9.92. The van der Waals surface area contributed by atoms with Crippen LogP contribution in [0.4, 0.5) is 0 Å². The van der Waals surface area contributed by atoms with Gasteiger partial charge in [-0.1, -0.05) is 20.8 Å². The molecule has 2 N–H and O–H groups in total. The van der Waals surface area contributed by atoms with Crippen LogP contribution in [0.15, 0.2) is 0 Å². The van der Waals surface area contributed by atoms with Crippen molar-refractivity contribution < 1.29 is 0 Å². The highest BCUT2D eigenvalue weighted by Gasteiger charge is 1.89. The largest absolute Gasteiger partial charge is 0.305 e. The molecule has 62 valence electrons. The highest BCUT2D eigenvalue weighted by Crippen LogP contribution is 1.85. The molecule has 2 heteroatoms. The molecular formula is C8H20N2. The molecule has 0 bridgehead atoms. The minimum Gasteiger partial charge on any atom is -0.305 e. The Bertz CT molecular complexity index is 62.3. The van der Waals surface area contributed by atoms with Crippen molar-refractivity contribution in [2.75, 3.05) is 19.8 Å². The van der Waals surface area contributed by atoms with E-state index < -0.39 is 0 Å². The molecule has 0 saturated carbocycles. The van der Waals surface area contributed by atoms with E-state index in [4.69, 9.17) is 0 Å². The molecule has 2 nitrogen and oxygen atoms in total. The van der Waals surface area contributed by atoms with Gasteiger partial charge in [-0.25, -0.2) is 0 Å².